The van der Waals surface area contributed by atoms with Crippen LogP contribution < -0.4 is 5.73 Å². The molecule has 0 aliphatic rings. The predicted molar refractivity (Wildman–Crippen MR) is 40.5 cm³/mol. The third-order valence-corrected chi connectivity index (χ3v) is 1.01. The Balaban J connectivity index is 3.93. The minimum absolute atomic E-state index is 0.281. The van der Waals surface area contributed by atoms with Gasteiger partial charge in [-0.3, -0.25) is 0 Å². The summed E-state index contributed by atoms with van der Waals surface area (Å²) < 4.78 is 0. The molecule has 0 aliphatic heterocycles. The molecule has 0 heterocycles. The monoisotopic (exact) mass is 126 g/mol. The van der Waals surface area contributed by atoms with Gasteiger partial charge in [0.25, 0.3) is 0 Å². The Kier molecular flexibility index (Phi) is 2.99. The van der Waals surface area contributed by atoms with Gasteiger partial charge in [-0.1, -0.05) is 13.8 Å². The van der Waals surface area contributed by atoms with Crippen LogP contribution in [0, 0.1) is 11.3 Å². The average Bonchev–Trinajstić information content (AvgIpc) is 1.63. The number of hydrogen-bond acceptors (Lipinski definition) is 2. The van der Waals surface area contributed by atoms with Crippen LogP contribution in [0.15, 0.2) is 11.8 Å². The van der Waals surface area contributed by atoms with Crippen molar-refractivity contribution in [2.45, 2.75) is 20.8 Å². The van der Waals surface area contributed by atoms with E-state index >= 15 is 0 Å². The zero-order chi connectivity index (χ0) is 7.44. The first-order valence-electron chi connectivity index (χ1n) is 3.06. The fourth-order valence-corrected chi connectivity index (χ4v) is 0.412. The molecule has 9 heavy (non-hydrogen) atoms. The largest absolute Gasteiger partial charge is 0.402 e. The number of allylic oxidation sites excluding steroid dienone is 2. The van der Waals surface area contributed by atoms with Gasteiger partial charge in [-0.25, -0.2) is 0 Å². The molecule has 0 aromatic carbocycles. The fourth-order valence-electron chi connectivity index (χ4n) is 0.412. The van der Waals surface area contributed by atoms with Gasteiger partial charge in [-0.2, -0.15) is 0 Å². The molecule has 0 rings (SSSR count). The van der Waals surface area contributed by atoms with Crippen molar-refractivity contribution in [2.24, 2.45) is 11.7 Å². The van der Waals surface area contributed by atoms with Crippen molar-refractivity contribution in [3.63, 3.8) is 0 Å². The molecule has 0 aromatic rings. The lowest BCUT2D eigenvalue weighted by molar-refractivity contribution is 0.880. The second-order valence-corrected chi connectivity index (χ2v) is 2.50. The summed E-state index contributed by atoms with van der Waals surface area (Å²) in [4.78, 5) is 0. The van der Waals surface area contributed by atoms with Crippen molar-refractivity contribution < 1.29 is 0 Å². The standard InChI is InChI=1S/C7H14N2/c1-5(2)7(9)4-6(3)8/h4-5,9H,8H2,1-3H3/b6-4-,9-7?. The van der Waals surface area contributed by atoms with Gasteiger partial charge in [-0.05, 0) is 18.9 Å². The van der Waals surface area contributed by atoms with Gasteiger partial charge in [0.2, 0.25) is 0 Å². The first kappa shape index (κ1) is 8.21. The van der Waals surface area contributed by atoms with E-state index in [0.29, 0.717) is 11.4 Å². The summed E-state index contributed by atoms with van der Waals surface area (Å²) >= 11 is 0. The number of nitrogens with one attached hydrogen (secondary N) is 1. The lowest BCUT2D eigenvalue weighted by atomic mass is 10.1. The smallest absolute Gasteiger partial charge is 0.0356 e. The molecule has 0 saturated carbocycles. The van der Waals surface area contributed by atoms with Gasteiger partial charge in [0, 0.05) is 11.4 Å². The molecule has 2 nitrogen and oxygen atoms in total. The van der Waals surface area contributed by atoms with Crippen LogP contribution in [-0.4, -0.2) is 5.71 Å². The van der Waals surface area contributed by atoms with Crippen molar-refractivity contribution in [2.75, 3.05) is 0 Å². The average molecular weight is 126 g/mol. The van der Waals surface area contributed by atoms with E-state index in [1.807, 2.05) is 13.8 Å². The van der Waals surface area contributed by atoms with E-state index in [1.165, 1.54) is 0 Å². The Morgan fingerprint density at radius 3 is 2.11 bits per heavy atom. The quantitative estimate of drug-likeness (QED) is 0.541. The van der Waals surface area contributed by atoms with Gasteiger partial charge in [-0.15, -0.1) is 0 Å². The number of hydrogen-bond donors (Lipinski definition) is 2. The minimum atomic E-state index is 0.281. The highest BCUT2D eigenvalue weighted by Crippen LogP contribution is 1.96. The van der Waals surface area contributed by atoms with E-state index in [2.05, 4.69) is 0 Å². The van der Waals surface area contributed by atoms with E-state index in [1.54, 1.807) is 13.0 Å². The summed E-state index contributed by atoms with van der Waals surface area (Å²) in [5, 5.41) is 7.32. The van der Waals surface area contributed by atoms with Gasteiger partial charge in [0.1, 0.15) is 0 Å². The highest BCUT2D eigenvalue weighted by Gasteiger charge is 1.96. The SMILES string of the molecule is C/C(N)=C/C(=N)C(C)C. The van der Waals surface area contributed by atoms with Crippen LogP contribution in [0.4, 0.5) is 0 Å². The van der Waals surface area contributed by atoms with Crippen molar-refractivity contribution in [1.82, 2.24) is 0 Å². The zero-order valence-corrected chi connectivity index (χ0v) is 6.23. The van der Waals surface area contributed by atoms with Crippen LogP contribution in [0.2, 0.25) is 0 Å². The van der Waals surface area contributed by atoms with E-state index < -0.39 is 0 Å². The molecule has 3 N–H and O–H groups in total. The summed E-state index contributed by atoms with van der Waals surface area (Å²) in [5.74, 6) is 0.281. The molecule has 2 heteroatoms. The second kappa shape index (κ2) is 3.28. The molecule has 0 aromatic heterocycles. The predicted octanol–water partition coefficient (Wildman–Crippen LogP) is 1.52. The summed E-state index contributed by atoms with van der Waals surface area (Å²) in [7, 11) is 0. The summed E-state index contributed by atoms with van der Waals surface area (Å²) in [5.41, 5.74) is 6.65. The summed E-state index contributed by atoms with van der Waals surface area (Å²) in [6, 6.07) is 0. The van der Waals surface area contributed by atoms with E-state index in [9.17, 15) is 0 Å². The van der Waals surface area contributed by atoms with E-state index in [-0.39, 0.29) is 5.92 Å². The second-order valence-electron chi connectivity index (χ2n) is 2.50. The van der Waals surface area contributed by atoms with Crippen molar-refractivity contribution in [1.29, 1.82) is 5.41 Å². The molecule has 0 saturated heterocycles. The normalized spacial score (nSPS) is 12.2. The maximum absolute atomic E-state index is 7.32. The molecule has 0 spiro atoms. The number of rotatable bonds is 2. The Hall–Kier alpha value is -0.790. The van der Waals surface area contributed by atoms with Gasteiger partial charge in [0.15, 0.2) is 0 Å². The van der Waals surface area contributed by atoms with Crippen LogP contribution in [0.3, 0.4) is 0 Å². The van der Waals surface area contributed by atoms with E-state index in [4.69, 9.17) is 11.1 Å². The van der Waals surface area contributed by atoms with Crippen LogP contribution in [0.25, 0.3) is 0 Å². The molecule has 0 unspecified atom stereocenters. The van der Waals surface area contributed by atoms with E-state index in [0.717, 1.165) is 0 Å². The van der Waals surface area contributed by atoms with Gasteiger partial charge < -0.3 is 11.1 Å². The lowest BCUT2D eigenvalue weighted by Crippen LogP contribution is -2.04. The van der Waals surface area contributed by atoms with Crippen molar-refractivity contribution in [3.8, 4) is 0 Å². The highest BCUT2D eigenvalue weighted by atomic mass is 14.6. The van der Waals surface area contributed by atoms with Crippen LogP contribution in [-0.2, 0) is 0 Å². The Bertz CT molecular complexity index is 130. The first-order valence-corrected chi connectivity index (χ1v) is 3.06. The van der Waals surface area contributed by atoms with Gasteiger partial charge in [0.05, 0.1) is 0 Å². The van der Waals surface area contributed by atoms with Crippen molar-refractivity contribution in [3.05, 3.63) is 11.8 Å². The van der Waals surface area contributed by atoms with Crippen LogP contribution in [0.5, 0.6) is 0 Å². The maximum Gasteiger partial charge on any atom is 0.0356 e. The Labute approximate surface area is 56.3 Å². The van der Waals surface area contributed by atoms with Crippen LogP contribution in [0.1, 0.15) is 20.8 Å². The molecule has 0 amide bonds. The van der Waals surface area contributed by atoms with Crippen LogP contribution >= 0.6 is 0 Å². The summed E-state index contributed by atoms with van der Waals surface area (Å²) in [6.07, 6.45) is 1.69. The topological polar surface area (TPSA) is 49.9 Å². The molecule has 0 radical (unpaired) electrons. The Morgan fingerprint density at radius 2 is 2.00 bits per heavy atom. The maximum atomic E-state index is 7.32. The molecule has 0 aliphatic carbocycles. The third-order valence-electron chi connectivity index (χ3n) is 1.01. The molecular weight excluding hydrogens is 112 g/mol. The van der Waals surface area contributed by atoms with Crippen molar-refractivity contribution >= 4 is 5.71 Å². The summed E-state index contributed by atoms with van der Waals surface area (Å²) in [6.45, 7) is 5.74. The molecule has 0 bridgehead atoms. The molecule has 52 valence electrons. The third kappa shape index (κ3) is 3.76. The zero-order valence-electron chi connectivity index (χ0n) is 6.23. The lowest BCUT2D eigenvalue weighted by Gasteiger charge is -2.00. The molecular formula is C7H14N2. The minimum Gasteiger partial charge on any atom is -0.402 e. The fraction of sp³-hybridized carbons (Fsp3) is 0.571. The highest BCUT2D eigenvalue weighted by molar-refractivity contribution is 5.94. The first-order chi connectivity index (χ1) is 4.04. The number of nitrogens with two attached hydrogens (primary N) is 1. The molecule has 0 atom stereocenters. The molecule has 0 fully saturated rings. The Morgan fingerprint density at radius 1 is 1.56 bits per heavy atom. The van der Waals surface area contributed by atoms with Gasteiger partial charge >= 0.3 is 0 Å².